The van der Waals surface area contributed by atoms with Crippen molar-refractivity contribution in [1.82, 2.24) is 19.4 Å². The summed E-state index contributed by atoms with van der Waals surface area (Å²) in [5.74, 6) is -0.214. The lowest BCUT2D eigenvalue weighted by molar-refractivity contribution is 0.239. The minimum Gasteiger partial charge on any atom is -0.423 e. The summed E-state index contributed by atoms with van der Waals surface area (Å²) in [6, 6.07) is 15.4. The van der Waals surface area contributed by atoms with E-state index in [-0.39, 0.29) is 11.9 Å². The maximum atomic E-state index is 13.3. The van der Waals surface area contributed by atoms with Crippen molar-refractivity contribution in [2.75, 3.05) is 31.1 Å². The predicted octanol–water partition coefficient (Wildman–Crippen LogP) is 4.09. The van der Waals surface area contributed by atoms with E-state index < -0.39 is 0 Å². The third-order valence-corrected chi connectivity index (χ3v) is 5.83. The number of hydrogen-bond donors (Lipinski definition) is 0. The molecule has 0 spiro atoms. The average molecular weight is 405 g/mol. The summed E-state index contributed by atoms with van der Waals surface area (Å²) in [5.41, 5.74) is 3.95. The monoisotopic (exact) mass is 405 g/mol. The van der Waals surface area contributed by atoms with Crippen molar-refractivity contribution in [1.29, 1.82) is 0 Å². The smallest absolute Gasteiger partial charge is 0.298 e. The second-order valence-electron chi connectivity index (χ2n) is 7.75. The first kappa shape index (κ1) is 18.8. The summed E-state index contributed by atoms with van der Waals surface area (Å²) in [7, 11) is 0. The number of rotatable bonds is 5. The number of aromatic nitrogens is 3. The molecule has 1 fully saturated rings. The standard InChI is InChI=1S/C23H24FN5O/c1-17(18-6-8-19(24)9-7-18)29-16-25-14-20(29)15-27-10-12-28(13-11-27)23-26-21-4-2-3-5-22(21)30-23/h2-9,14,16-17H,10-13,15H2,1H3/t17-/m1/s1. The van der Waals surface area contributed by atoms with Crippen LogP contribution >= 0.6 is 0 Å². The van der Waals surface area contributed by atoms with Crippen LogP contribution in [0.3, 0.4) is 0 Å². The molecule has 2 aromatic heterocycles. The molecule has 4 aromatic rings. The zero-order chi connectivity index (χ0) is 20.5. The molecule has 154 valence electrons. The average Bonchev–Trinajstić information content (AvgIpc) is 3.41. The van der Waals surface area contributed by atoms with Crippen LogP contribution in [0.25, 0.3) is 11.1 Å². The van der Waals surface area contributed by atoms with Gasteiger partial charge in [0, 0.05) is 38.9 Å². The SMILES string of the molecule is C[C@H](c1ccc(F)cc1)n1cncc1CN1CCN(c2nc3ccccc3o2)CC1. The Balaban J connectivity index is 1.24. The van der Waals surface area contributed by atoms with Crippen LogP contribution in [0, 0.1) is 5.82 Å². The molecule has 6 nitrogen and oxygen atoms in total. The molecule has 0 aliphatic carbocycles. The molecule has 0 saturated carbocycles. The number of oxazole rings is 1. The Morgan fingerprint density at radius 1 is 1.03 bits per heavy atom. The van der Waals surface area contributed by atoms with Gasteiger partial charge in [-0.1, -0.05) is 24.3 Å². The van der Waals surface area contributed by atoms with Crippen molar-refractivity contribution < 1.29 is 8.81 Å². The maximum absolute atomic E-state index is 13.3. The van der Waals surface area contributed by atoms with Crippen molar-refractivity contribution in [3.05, 3.63) is 78.1 Å². The highest BCUT2D eigenvalue weighted by Crippen LogP contribution is 2.24. The Kier molecular flexibility index (Phi) is 4.96. The van der Waals surface area contributed by atoms with Gasteiger partial charge >= 0.3 is 0 Å². The molecule has 1 atom stereocenters. The van der Waals surface area contributed by atoms with Gasteiger partial charge in [-0.3, -0.25) is 4.90 Å². The quantitative estimate of drug-likeness (QED) is 0.500. The Bertz CT molecular complexity index is 1090. The number of para-hydroxylation sites is 2. The Labute approximate surface area is 174 Å². The van der Waals surface area contributed by atoms with E-state index in [2.05, 4.69) is 31.3 Å². The molecule has 2 aromatic carbocycles. The van der Waals surface area contributed by atoms with Crippen LogP contribution in [0.1, 0.15) is 24.2 Å². The molecular weight excluding hydrogens is 381 g/mol. The van der Waals surface area contributed by atoms with E-state index in [1.54, 1.807) is 0 Å². The number of piperazine rings is 1. The fraction of sp³-hybridized carbons (Fsp3) is 0.304. The molecule has 5 rings (SSSR count). The highest BCUT2D eigenvalue weighted by molar-refractivity contribution is 5.74. The predicted molar refractivity (Wildman–Crippen MR) is 114 cm³/mol. The topological polar surface area (TPSA) is 50.3 Å². The normalized spacial score (nSPS) is 16.3. The molecule has 0 unspecified atom stereocenters. The molecule has 0 radical (unpaired) electrons. The van der Waals surface area contributed by atoms with E-state index in [9.17, 15) is 4.39 Å². The van der Waals surface area contributed by atoms with Gasteiger partial charge in [0.15, 0.2) is 5.58 Å². The van der Waals surface area contributed by atoms with Crippen LogP contribution in [0.5, 0.6) is 0 Å². The van der Waals surface area contributed by atoms with Gasteiger partial charge in [0.25, 0.3) is 6.01 Å². The van der Waals surface area contributed by atoms with E-state index in [0.29, 0.717) is 6.01 Å². The number of hydrogen-bond acceptors (Lipinski definition) is 5. The molecule has 1 aliphatic heterocycles. The van der Waals surface area contributed by atoms with Gasteiger partial charge in [0.2, 0.25) is 0 Å². The van der Waals surface area contributed by atoms with Crippen molar-refractivity contribution in [3.63, 3.8) is 0 Å². The van der Waals surface area contributed by atoms with Crippen LogP contribution in [0.2, 0.25) is 0 Å². The lowest BCUT2D eigenvalue weighted by Gasteiger charge is -2.34. The Morgan fingerprint density at radius 3 is 2.57 bits per heavy atom. The second kappa shape index (κ2) is 7.91. The lowest BCUT2D eigenvalue weighted by atomic mass is 10.1. The molecular formula is C23H24FN5O. The minimum absolute atomic E-state index is 0.101. The third-order valence-electron chi connectivity index (χ3n) is 5.83. The zero-order valence-corrected chi connectivity index (χ0v) is 16.9. The molecule has 0 bridgehead atoms. The number of imidazole rings is 1. The molecule has 0 amide bonds. The summed E-state index contributed by atoms with van der Waals surface area (Å²) in [4.78, 5) is 13.6. The van der Waals surface area contributed by atoms with Crippen LogP contribution in [-0.2, 0) is 6.54 Å². The second-order valence-corrected chi connectivity index (χ2v) is 7.75. The minimum atomic E-state index is -0.214. The summed E-state index contributed by atoms with van der Waals surface area (Å²) in [5, 5.41) is 0. The number of halogens is 1. The first-order valence-electron chi connectivity index (χ1n) is 10.3. The van der Waals surface area contributed by atoms with E-state index in [0.717, 1.165) is 55.1 Å². The van der Waals surface area contributed by atoms with Gasteiger partial charge in [-0.05, 0) is 36.8 Å². The Hall–Kier alpha value is -3.19. The van der Waals surface area contributed by atoms with Gasteiger partial charge < -0.3 is 13.9 Å². The van der Waals surface area contributed by atoms with Gasteiger partial charge in [0.05, 0.1) is 18.1 Å². The van der Waals surface area contributed by atoms with E-state index >= 15 is 0 Å². The van der Waals surface area contributed by atoms with E-state index in [1.807, 2.05) is 48.9 Å². The van der Waals surface area contributed by atoms with Crippen molar-refractivity contribution in [2.24, 2.45) is 0 Å². The van der Waals surface area contributed by atoms with Gasteiger partial charge in [-0.25, -0.2) is 9.37 Å². The van der Waals surface area contributed by atoms with Gasteiger partial charge in [-0.2, -0.15) is 4.98 Å². The first-order valence-corrected chi connectivity index (χ1v) is 10.3. The van der Waals surface area contributed by atoms with Crippen molar-refractivity contribution in [2.45, 2.75) is 19.5 Å². The summed E-state index contributed by atoms with van der Waals surface area (Å²) >= 11 is 0. The molecule has 1 saturated heterocycles. The van der Waals surface area contributed by atoms with E-state index in [4.69, 9.17) is 4.42 Å². The lowest BCUT2D eigenvalue weighted by Crippen LogP contribution is -2.46. The van der Waals surface area contributed by atoms with Gasteiger partial charge in [0.1, 0.15) is 11.3 Å². The van der Waals surface area contributed by atoms with Crippen LogP contribution in [0.4, 0.5) is 10.4 Å². The van der Waals surface area contributed by atoms with Crippen molar-refractivity contribution in [3.8, 4) is 0 Å². The zero-order valence-electron chi connectivity index (χ0n) is 16.9. The summed E-state index contributed by atoms with van der Waals surface area (Å²) in [6.45, 7) is 6.53. The van der Waals surface area contributed by atoms with Crippen LogP contribution in [0.15, 0.2) is 65.5 Å². The molecule has 0 N–H and O–H groups in total. The molecule has 30 heavy (non-hydrogen) atoms. The molecule has 1 aliphatic rings. The van der Waals surface area contributed by atoms with Crippen LogP contribution < -0.4 is 4.90 Å². The Morgan fingerprint density at radius 2 is 1.80 bits per heavy atom. The van der Waals surface area contributed by atoms with E-state index in [1.165, 1.54) is 12.1 Å². The fourth-order valence-corrected chi connectivity index (χ4v) is 4.03. The molecule has 3 heterocycles. The highest BCUT2D eigenvalue weighted by atomic mass is 19.1. The largest absolute Gasteiger partial charge is 0.423 e. The number of benzene rings is 2. The van der Waals surface area contributed by atoms with Gasteiger partial charge in [-0.15, -0.1) is 0 Å². The van der Waals surface area contributed by atoms with Crippen LogP contribution in [-0.4, -0.2) is 45.6 Å². The molecule has 7 heteroatoms. The first-order chi connectivity index (χ1) is 14.7. The third kappa shape index (κ3) is 3.68. The number of anilines is 1. The number of fused-ring (bicyclic) bond motifs is 1. The van der Waals surface area contributed by atoms with Crippen molar-refractivity contribution >= 4 is 17.1 Å². The maximum Gasteiger partial charge on any atom is 0.298 e. The number of nitrogens with zero attached hydrogens (tertiary/aromatic N) is 5. The fourth-order valence-electron chi connectivity index (χ4n) is 4.03. The highest BCUT2D eigenvalue weighted by Gasteiger charge is 2.22. The summed E-state index contributed by atoms with van der Waals surface area (Å²) < 4.78 is 21.3. The summed E-state index contributed by atoms with van der Waals surface area (Å²) in [6.07, 6.45) is 3.78.